The molecule has 6 nitrogen and oxygen atoms in total. The lowest BCUT2D eigenvalue weighted by atomic mass is 9.95. The molecule has 33 heavy (non-hydrogen) atoms. The number of alkyl halides is 4. The summed E-state index contributed by atoms with van der Waals surface area (Å²) >= 11 is 3.34. The van der Waals surface area contributed by atoms with Gasteiger partial charge < -0.3 is 19.7 Å². The molecule has 0 bridgehead atoms. The molecule has 1 N–H and O–H groups in total. The highest BCUT2D eigenvalue weighted by Crippen LogP contribution is 2.40. The smallest absolute Gasteiger partial charge is 0.416 e. The summed E-state index contributed by atoms with van der Waals surface area (Å²) in [6.07, 6.45) is -3.33. The molecule has 0 spiro atoms. The zero-order valence-corrected chi connectivity index (χ0v) is 19.3. The van der Waals surface area contributed by atoms with Crippen LogP contribution < -0.4 is 14.8 Å². The van der Waals surface area contributed by atoms with Gasteiger partial charge in [-0.25, -0.2) is 0 Å². The van der Waals surface area contributed by atoms with Crippen molar-refractivity contribution in [3.63, 3.8) is 0 Å². The van der Waals surface area contributed by atoms with Crippen LogP contribution in [0.5, 0.6) is 11.5 Å². The van der Waals surface area contributed by atoms with E-state index < -0.39 is 17.8 Å². The van der Waals surface area contributed by atoms with Gasteiger partial charge >= 0.3 is 6.18 Å². The molecule has 2 aliphatic heterocycles. The summed E-state index contributed by atoms with van der Waals surface area (Å²) in [7, 11) is 1.47. The van der Waals surface area contributed by atoms with Crippen molar-refractivity contribution in [2.45, 2.75) is 31.0 Å². The zero-order chi connectivity index (χ0) is 23.8. The van der Waals surface area contributed by atoms with Crippen molar-refractivity contribution in [3.05, 3.63) is 53.1 Å². The Balaban J connectivity index is 1.60. The molecule has 2 heterocycles. The number of hydrogen-bond acceptors (Lipinski definition) is 4. The molecular weight excluding hydrogens is 505 g/mol. The van der Waals surface area contributed by atoms with Crippen molar-refractivity contribution in [3.8, 4) is 11.5 Å². The first-order valence-corrected chi connectivity index (χ1v) is 11.5. The van der Waals surface area contributed by atoms with Crippen molar-refractivity contribution in [2.24, 2.45) is 0 Å². The van der Waals surface area contributed by atoms with E-state index in [9.17, 15) is 22.8 Å². The summed E-state index contributed by atoms with van der Waals surface area (Å²) in [6, 6.07) is 7.30. The molecular formula is C23H22BrF3N2O4. The molecule has 1 saturated heterocycles. The van der Waals surface area contributed by atoms with Crippen LogP contribution >= 0.6 is 15.9 Å². The molecule has 2 unspecified atom stereocenters. The highest BCUT2D eigenvalue weighted by Gasteiger charge is 2.43. The molecule has 0 saturated carbocycles. The van der Waals surface area contributed by atoms with Gasteiger partial charge in [-0.1, -0.05) is 28.1 Å². The third kappa shape index (κ3) is 4.66. The third-order valence-electron chi connectivity index (χ3n) is 5.90. The first-order chi connectivity index (χ1) is 15.7. The van der Waals surface area contributed by atoms with E-state index >= 15 is 0 Å². The van der Waals surface area contributed by atoms with E-state index in [0.29, 0.717) is 35.8 Å². The van der Waals surface area contributed by atoms with Gasteiger partial charge in [-0.05, 0) is 36.6 Å². The summed E-state index contributed by atoms with van der Waals surface area (Å²) in [5.74, 6) is -0.124. The largest absolute Gasteiger partial charge is 0.493 e. The third-order valence-corrected chi connectivity index (χ3v) is 6.46. The maximum absolute atomic E-state index is 13.3. The number of anilines is 1. The summed E-state index contributed by atoms with van der Waals surface area (Å²) in [5.41, 5.74) is 0.552. The van der Waals surface area contributed by atoms with Crippen LogP contribution in [0.3, 0.4) is 0 Å². The van der Waals surface area contributed by atoms with Crippen LogP contribution in [0.15, 0.2) is 36.4 Å². The number of rotatable bonds is 6. The average Bonchev–Trinajstić information content (AvgIpc) is 3.21. The second-order valence-electron chi connectivity index (χ2n) is 7.95. The van der Waals surface area contributed by atoms with Gasteiger partial charge in [0.1, 0.15) is 6.04 Å². The van der Waals surface area contributed by atoms with Gasteiger partial charge in [0, 0.05) is 23.9 Å². The summed E-state index contributed by atoms with van der Waals surface area (Å²) < 4.78 is 49.8. The Hall–Kier alpha value is -2.75. The second-order valence-corrected chi connectivity index (χ2v) is 8.75. The van der Waals surface area contributed by atoms with E-state index in [-0.39, 0.29) is 29.8 Å². The van der Waals surface area contributed by atoms with Gasteiger partial charge in [-0.15, -0.1) is 0 Å². The van der Waals surface area contributed by atoms with Gasteiger partial charge in [0.2, 0.25) is 5.91 Å². The fourth-order valence-corrected chi connectivity index (χ4v) is 4.44. The molecule has 1 fully saturated rings. The Labute approximate surface area is 197 Å². The van der Waals surface area contributed by atoms with Crippen molar-refractivity contribution < 1.29 is 32.2 Å². The van der Waals surface area contributed by atoms with Crippen LogP contribution in [0.25, 0.3) is 0 Å². The normalized spacial score (nSPS) is 20.1. The van der Waals surface area contributed by atoms with E-state index in [1.54, 1.807) is 12.1 Å². The van der Waals surface area contributed by atoms with Crippen LogP contribution in [0.4, 0.5) is 18.9 Å². The van der Waals surface area contributed by atoms with Gasteiger partial charge in [-0.3, -0.25) is 9.59 Å². The molecule has 4 rings (SSSR count). The van der Waals surface area contributed by atoms with Crippen LogP contribution in [0.2, 0.25) is 0 Å². The Morgan fingerprint density at radius 3 is 2.52 bits per heavy atom. The quantitative estimate of drug-likeness (QED) is 0.432. The minimum atomic E-state index is -4.42. The number of ether oxygens (including phenoxy) is 2. The van der Waals surface area contributed by atoms with E-state index in [1.165, 1.54) is 24.1 Å². The number of benzene rings is 2. The van der Waals surface area contributed by atoms with Crippen LogP contribution in [0.1, 0.15) is 40.2 Å². The molecule has 2 amide bonds. The maximum Gasteiger partial charge on any atom is 0.416 e. The zero-order valence-electron chi connectivity index (χ0n) is 17.7. The molecule has 2 aromatic carbocycles. The molecule has 176 valence electrons. The number of halogens is 4. The molecule has 10 heteroatoms. The van der Waals surface area contributed by atoms with E-state index in [0.717, 1.165) is 23.9 Å². The monoisotopic (exact) mass is 526 g/mol. The second kappa shape index (κ2) is 9.24. The number of carbonyl (C=O) groups excluding carboxylic acids is 2. The Morgan fingerprint density at radius 2 is 1.88 bits per heavy atom. The van der Waals surface area contributed by atoms with Crippen LogP contribution in [-0.2, 0) is 11.0 Å². The number of hydrogen-bond donors (Lipinski definition) is 1. The SMILES string of the molecule is COc1cc2c(cc1OCCCBr)NC(=O)C1CC(c3ccc(C(F)(F)F)cc3)CN1C2=O. The van der Waals surface area contributed by atoms with E-state index in [2.05, 4.69) is 21.2 Å². The molecule has 2 aromatic rings. The molecule has 2 atom stereocenters. The minimum absolute atomic E-state index is 0.230. The first kappa shape index (κ1) is 23.4. The predicted octanol–water partition coefficient (Wildman–Crippen LogP) is 4.83. The summed E-state index contributed by atoms with van der Waals surface area (Å²) in [4.78, 5) is 27.8. The lowest BCUT2D eigenvalue weighted by Gasteiger charge is -2.20. The molecule has 2 aliphatic rings. The Kier molecular flexibility index (Phi) is 6.56. The highest BCUT2D eigenvalue weighted by molar-refractivity contribution is 9.09. The van der Waals surface area contributed by atoms with Crippen LogP contribution in [-0.4, -0.2) is 48.3 Å². The number of methoxy groups -OCH3 is 1. The van der Waals surface area contributed by atoms with Crippen molar-refractivity contribution >= 4 is 33.4 Å². The maximum atomic E-state index is 13.3. The van der Waals surface area contributed by atoms with Gasteiger partial charge in [0.25, 0.3) is 5.91 Å². The number of nitrogens with one attached hydrogen (secondary N) is 1. The van der Waals surface area contributed by atoms with E-state index in [1.807, 2.05) is 0 Å². The summed E-state index contributed by atoms with van der Waals surface area (Å²) in [6.45, 7) is 0.666. The van der Waals surface area contributed by atoms with Gasteiger partial charge in [0.05, 0.1) is 30.5 Å². The fourth-order valence-electron chi connectivity index (χ4n) is 4.21. The van der Waals surface area contributed by atoms with Crippen molar-refractivity contribution in [1.82, 2.24) is 4.90 Å². The topological polar surface area (TPSA) is 67.9 Å². The van der Waals surface area contributed by atoms with Gasteiger partial charge in [-0.2, -0.15) is 13.2 Å². The standard InChI is InChI=1S/C23H22BrF3N2O4/c1-32-19-10-16-17(11-20(19)33-8-2-7-24)28-21(30)18-9-14(12-29(18)22(16)31)13-3-5-15(6-4-13)23(25,26)27/h3-6,10-11,14,18H,2,7-9,12H2,1H3,(H,28,30). The number of fused-ring (bicyclic) bond motifs is 2. The Morgan fingerprint density at radius 1 is 1.15 bits per heavy atom. The summed E-state index contributed by atoms with van der Waals surface area (Å²) in [5, 5.41) is 3.58. The van der Waals surface area contributed by atoms with Crippen molar-refractivity contribution in [2.75, 3.05) is 30.9 Å². The number of carbonyl (C=O) groups is 2. The van der Waals surface area contributed by atoms with E-state index in [4.69, 9.17) is 9.47 Å². The lowest BCUT2D eigenvalue weighted by Crippen LogP contribution is -2.40. The number of nitrogens with zero attached hydrogens (tertiary/aromatic N) is 1. The Bertz CT molecular complexity index is 1060. The molecule has 0 aromatic heterocycles. The average molecular weight is 527 g/mol. The fraction of sp³-hybridized carbons (Fsp3) is 0.391. The first-order valence-electron chi connectivity index (χ1n) is 10.4. The lowest BCUT2D eigenvalue weighted by molar-refractivity contribution is -0.137. The molecule has 0 aliphatic carbocycles. The van der Waals surface area contributed by atoms with Crippen LogP contribution in [0, 0.1) is 0 Å². The highest BCUT2D eigenvalue weighted by atomic mass is 79.9. The van der Waals surface area contributed by atoms with Crippen molar-refractivity contribution in [1.29, 1.82) is 0 Å². The predicted molar refractivity (Wildman–Crippen MR) is 119 cm³/mol. The molecule has 0 radical (unpaired) electrons. The number of amides is 2. The van der Waals surface area contributed by atoms with Gasteiger partial charge in [0.15, 0.2) is 11.5 Å². The minimum Gasteiger partial charge on any atom is -0.493 e.